The predicted molar refractivity (Wildman–Crippen MR) is 165 cm³/mol. The minimum Gasteiger partial charge on any atom is -0.394 e. The van der Waals surface area contributed by atoms with Crippen molar-refractivity contribution >= 4 is 22.9 Å². The molecule has 5 aromatic rings. The highest BCUT2D eigenvalue weighted by Crippen LogP contribution is 2.40. The Bertz CT molecular complexity index is 1620. The lowest BCUT2D eigenvalue weighted by molar-refractivity contribution is 0.00721. The molecule has 1 fully saturated rings. The van der Waals surface area contributed by atoms with Crippen LogP contribution in [0.2, 0.25) is 0 Å². The topological polar surface area (TPSA) is 146 Å². The molecule has 11 heteroatoms. The van der Waals surface area contributed by atoms with Crippen molar-refractivity contribution < 1.29 is 15.3 Å². The van der Waals surface area contributed by atoms with E-state index in [0.717, 1.165) is 24.0 Å². The molecular formula is C32H38N8O3. The lowest BCUT2D eigenvalue weighted by Crippen LogP contribution is -2.30. The van der Waals surface area contributed by atoms with E-state index in [-0.39, 0.29) is 18.7 Å². The monoisotopic (exact) mass is 582 g/mol. The zero-order valence-corrected chi connectivity index (χ0v) is 24.2. The summed E-state index contributed by atoms with van der Waals surface area (Å²) in [5.74, 6) is 0.901. The van der Waals surface area contributed by atoms with E-state index in [4.69, 9.17) is 9.97 Å². The number of fused-ring (bicyclic) bond motifs is 1. The highest BCUT2D eigenvalue weighted by atomic mass is 16.3. The van der Waals surface area contributed by atoms with Crippen molar-refractivity contribution in [3.05, 3.63) is 96.1 Å². The number of hydrogen-bond donors (Lipinski definition) is 5. The lowest BCUT2D eigenvalue weighted by Gasteiger charge is -2.20. The maximum atomic E-state index is 11.2. The molecule has 5 N–H and O–H groups in total. The summed E-state index contributed by atoms with van der Waals surface area (Å²) in [5, 5.41) is 43.6. The first-order valence-corrected chi connectivity index (χ1v) is 14.9. The van der Waals surface area contributed by atoms with Crippen LogP contribution in [0.3, 0.4) is 0 Å². The highest BCUT2D eigenvalue weighted by molar-refractivity contribution is 5.84. The highest BCUT2D eigenvalue weighted by Gasteiger charge is 2.44. The molecule has 0 saturated heterocycles. The van der Waals surface area contributed by atoms with Gasteiger partial charge in [-0.05, 0) is 42.4 Å². The van der Waals surface area contributed by atoms with Crippen LogP contribution in [-0.2, 0) is 19.3 Å². The number of aromatic nitrogens is 6. The Kier molecular flexibility index (Phi) is 8.64. The summed E-state index contributed by atoms with van der Waals surface area (Å²) in [7, 11) is 0. The second kappa shape index (κ2) is 12.9. The van der Waals surface area contributed by atoms with Gasteiger partial charge in [-0.3, -0.25) is 4.68 Å². The van der Waals surface area contributed by atoms with Gasteiger partial charge in [-0.25, -0.2) is 4.98 Å². The van der Waals surface area contributed by atoms with Gasteiger partial charge in [0.2, 0.25) is 5.95 Å². The Balaban J connectivity index is 1.31. The van der Waals surface area contributed by atoms with Crippen LogP contribution in [-0.4, -0.2) is 76.0 Å². The Hall–Kier alpha value is -4.32. The first-order valence-electron chi connectivity index (χ1n) is 14.9. The fraction of sp³-hybridized carbons (Fsp3) is 0.375. The Morgan fingerprint density at radius 2 is 1.65 bits per heavy atom. The maximum absolute atomic E-state index is 11.2. The van der Waals surface area contributed by atoms with Gasteiger partial charge in [0, 0.05) is 12.7 Å². The summed E-state index contributed by atoms with van der Waals surface area (Å²) in [5.41, 5.74) is 4.45. The first kappa shape index (κ1) is 28.8. The molecule has 0 unspecified atom stereocenters. The minimum absolute atomic E-state index is 0.106. The Labute approximate surface area is 250 Å². The van der Waals surface area contributed by atoms with E-state index >= 15 is 0 Å². The molecule has 5 atom stereocenters. The fourth-order valence-corrected chi connectivity index (χ4v) is 5.82. The number of rotatable bonds is 12. The summed E-state index contributed by atoms with van der Waals surface area (Å²) in [6.45, 7) is 2.58. The van der Waals surface area contributed by atoms with E-state index in [1.807, 2.05) is 59.3 Å². The van der Waals surface area contributed by atoms with Crippen molar-refractivity contribution in [1.29, 1.82) is 0 Å². The van der Waals surface area contributed by atoms with Gasteiger partial charge in [0.1, 0.15) is 12.2 Å². The molecule has 0 bridgehead atoms. The van der Waals surface area contributed by atoms with Crippen molar-refractivity contribution in [1.82, 2.24) is 29.3 Å². The third-order valence-corrected chi connectivity index (χ3v) is 8.23. The van der Waals surface area contributed by atoms with Crippen LogP contribution in [0.25, 0.3) is 11.2 Å². The molecule has 11 nitrogen and oxygen atoms in total. The van der Waals surface area contributed by atoms with Gasteiger partial charge in [-0.15, -0.1) is 0 Å². The number of aliphatic hydroxyl groups is 3. The largest absolute Gasteiger partial charge is 0.394 e. The van der Waals surface area contributed by atoms with Crippen molar-refractivity contribution in [2.45, 2.75) is 62.9 Å². The van der Waals surface area contributed by atoms with E-state index in [0.29, 0.717) is 42.3 Å². The molecule has 0 aliphatic heterocycles. The third-order valence-electron chi connectivity index (χ3n) is 8.23. The summed E-state index contributed by atoms with van der Waals surface area (Å²) < 4.78 is 3.58. The van der Waals surface area contributed by atoms with Crippen LogP contribution in [0, 0.1) is 0 Å². The normalized spacial score (nSPS) is 20.8. The van der Waals surface area contributed by atoms with Crippen LogP contribution in [0.1, 0.15) is 42.1 Å². The standard InChI is InChI=1S/C32H38N8O3/c1-2-21-17-35-40(18-21)26-16-25(28(42)29(26)43)39-20-34-27-30(33-14-13-22-9-5-3-6-10-22)37-32(38-31(27)39)36-24(19-41)15-23-11-7-4-8-12-23/h3-12,17-18,20,24-26,28-29,41-43H,2,13-16,19H2,1H3,(H2,33,36,37,38)/t24-,25+,26-,28-,29+/m0/s1. The zero-order chi connectivity index (χ0) is 29.8. The molecule has 2 aromatic carbocycles. The first-order chi connectivity index (χ1) is 21.0. The molecule has 0 spiro atoms. The second-order valence-corrected chi connectivity index (χ2v) is 11.1. The van der Waals surface area contributed by atoms with Crippen LogP contribution >= 0.6 is 0 Å². The van der Waals surface area contributed by atoms with Crippen LogP contribution in [0.5, 0.6) is 0 Å². The molecule has 0 radical (unpaired) electrons. The van der Waals surface area contributed by atoms with Crippen LogP contribution < -0.4 is 10.6 Å². The number of anilines is 2. The smallest absolute Gasteiger partial charge is 0.227 e. The number of imidazole rings is 1. The Morgan fingerprint density at radius 3 is 2.35 bits per heavy atom. The van der Waals surface area contributed by atoms with Crippen LogP contribution in [0.4, 0.5) is 11.8 Å². The number of benzene rings is 2. The number of hydrogen-bond acceptors (Lipinski definition) is 9. The average Bonchev–Trinajstić information content (AvgIpc) is 3.76. The number of aryl methyl sites for hydroxylation is 1. The molecule has 43 heavy (non-hydrogen) atoms. The maximum Gasteiger partial charge on any atom is 0.227 e. The molecule has 1 aliphatic carbocycles. The summed E-state index contributed by atoms with van der Waals surface area (Å²) in [4.78, 5) is 14.2. The van der Waals surface area contributed by atoms with Gasteiger partial charge in [0.25, 0.3) is 0 Å². The summed E-state index contributed by atoms with van der Waals surface area (Å²) in [6.07, 6.45) is 6.01. The van der Waals surface area contributed by atoms with Crippen molar-refractivity contribution in [3.8, 4) is 0 Å². The van der Waals surface area contributed by atoms with Crippen molar-refractivity contribution in [2.75, 3.05) is 23.8 Å². The van der Waals surface area contributed by atoms with Gasteiger partial charge in [0.15, 0.2) is 17.0 Å². The molecule has 3 heterocycles. The Morgan fingerprint density at radius 1 is 0.930 bits per heavy atom. The number of nitrogens with zero attached hydrogens (tertiary/aromatic N) is 6. The van der Waals surface area contributed by atoms with E-state index in [9.17, 15) is 15.3 Å². The minimum atomic E-state index is -1.04. The SMILES string of the molecule is CCc1cnn([C@H]2C[C@@H](n3cnc4c(NCCc5ccccc5)nc(N[C@H](CO)Cc5ccccc5)nc43)[C@H](O)[C@@H]2O)c1. The van der Waals surface area contributed by atoms with Gasteiger partial charge >= 0.3 is 0 Å². The number of nitrogens with one attached hydrogen (secondary N) is 2. The second-order valence-electron chi connectivity index (χ2n) is 11.1. The van der Waals surface area contributed by atoms with Gasteiger partial charge in [-0.2, -0.15) is 15.1 Å². The molecule has 6 rings (SSSR count). The zero-order valence-electron chi connectivity index (χ0n) is 24.2. The van der Waals surface area contributed by atoms with Gasteiger partial charge < -0.3 is 30.5 Å². The summed E-state index contributed by atoms with van der Waals surface area (Å²) in [6, 6.07) is 19.0. The van der Waals surface area contributed by atoms with Crippen LogP contribution in [0.15, 0.2) is 79.4 Å². The number of aliphatic hydroxyl groups excluding tert-OH is 3. The quantitative estimate of drug-likeness (QED) is 0.150. The third kappa shape index (κ3) is 6.24. The predicted octanol–water partition coefficient (Wildman–Crippen LogP) is 3.16. The van der Waals surface area contributed by atoms with E-state index < -0.39 is 18.2 Å². The van der Waals surface area contributed by atoms with E-state index in [1.165, 1.54) is 5.56 Å². The fourth-order valence-electron chi connectivity index (χ4n) is 5.82. The average molecular weight is 583 g/mol. The summed E-state index contributed by atoms with van der Waals surface area (Å²) >= 11 is 0. The van der Waals surface area contributed by atoms with Crippen molar-refractivity contribution in [2.24, 2.45) is 0 Å². The molecule has 1 aliphatic rings. The lowest BCUT2D eigenvalue weighted by atomic mass is 10.1. The molecule has 1 saturated carbocycles. The molecule has 0 amide bonds. The molecule has 3 aromatic heterocycles. The van der Waals surface area contributed by atoms with Gasteiger partial charge in [-0.1, -0.05) is 67.6 Å². The van der Waals surface area contributed by atoms with E-state index in [1.54, 1.807) is 17.2 Å². The van der Waals surface area contributed by atoms with E-state index in [2.05, 4.69) is 39.8 Å². The van der Waals surface area contributed by atoms with Crippen molar-refractivity contribution in [3.63, 3.8) is 0 Å². The molecule has 224 valence electrons. The molecular weight excluding hydrogens is 544 g/mol. The van der Waals surface area contributed by atoms with Gasteiger partial charge in [0.05, 0.1) is 37.3 Å².